The second-order valence-electron chi connectivity index (χ2n) is 6.89. The molecule has 0 aliphatic heterocycles. The van der Waals surface area contributed by atoms with Crippen molar-refractivity contribution in [1.82, 2.24) is 9.78 Å². The number of alkyl halides is 6. The van der Waals surface area contributed by atoms with Crippen molar-refractivity contribution in [2.24, 2.45) is 4.99 Å². The average Bonchev–Trinajstić information content (AvgIpc) is 3.14. The number of nitrogens with one attached hydrogen (secondary N) is 1. The SMILES string of the molecule is N#Cc1nn(-c2c(Cl)cc(C(F)(F)F)cc2Cl)c(NC=NCc2ccccc2)c1S(=O)(=O)C(F)(F)F. The molecule has 190 valence electrons. The van der Waals surface area contributed by atoms with Crippen LogP contribution in [0.3, 0.4) is 0 Å². The zero-order chi connectivity index (χ0) is 26.9. The van der Waals surface area contributed by atoms with E-state index in [0.717, 1.165) is 6.34 Å². The smallest absolute Gasteiger partial charge is 0.330 e. The molecule has 0 saturated carbocycles. The van der Waals surface area contributed by atoms with Crippen LogP contribution in [0.2, 0.25) is 10.0 Å². The van der Waals surface area contributed by atoms with Crippen LogP contribution >= 0.6 is 23.2 Å². The van der Waals surface area contributed by atoms with E-state index in [4.69, 9.17) is 23.2 Å². The maximum Gasteiger partial charge on any atom is 0.502 e. The number of aromatic nitrogens is 2. The van der Waals surface area contributed by atoms with E-state index >= 15 is 0 Å². The summed E-state index contributed by atoms with van der Waals surface area (Å²) in [7, 11) is -6.18. The minimum atomic E-state index is -6.18. The number of sulfone groups is 1. The zero-order valence-corrected chi connectivity index (χ0v) is 19.7. The molecule has 0 spiro atoms. The van der Waals surface area contributed by atoms with Gasteiger partial charge < -0.3 is 5.32 Å². The molecule has 0 aliphatic carbocycles. The third-order valence-corrected chi connectivity index (χ3v) is 6.60. The van der Waals surface area contributed by atoms with Gasteiger partial charge in [0.05, 0.1) is 28.5 Å². The normalized spacial score (nSPS) is 12.6. The van der Waals surface area contributed by atoms with Gasteiger partial charge in [-0.05, 0) is 17.7 Å². The van der Waals surface area contributed by atoms with E-state index < -0.39 is 59.2 Å². The van der Waals surface area contributed by atoms with Crippen LogP contribution < -0.4 is 5.32 Å². The number of hydrogen-bond donors (Lipinski definition) is 1. The van der Waals surface area contributed by atoms with Crippen molar-refractivity contribution in [2.45, 2.75) is 23.1 Å². The molecule has 1 aromatic heterocycles. The molecule has 0 fully saturated rings. The summed E-state index contributed by atoms with van der Waals surface area (Å²) in [6.45, 7) is 0.0240. The summed E-state index contributed by atoms with van der Waals surface area (Å²) in [6.07, 6.45) is -4.04. The summed E-state index contributed by atoms with van der Waals surface area (Å²) in [5, 5.41) is 13.6. The molecule has 0 unspecified atom stereocenters. The molecule has 1 heterocycles. The predicted octanol–water partition coefficient (Wildman–Crippen LogP) is 6.00. The molecule has 0 bridgehead atoms. The first-order chi connectivity index (χ1) is 16.7. The van der Waals surface area contributed by atoms with Gasteiger partial charge in [0.1, 0.15) is 11.8 Å². The van der Waals surface area contributed by atoms with Gasteiger partial charge in [0.15, 0.2) is 16.4 Å². The van der Waals surface area contributed by atoms with Crippen molar-refractivity contribution in [3.63, 3.8) is 0 Å². The summed E-state index contributed by atoms with van der Waals surface area (Å²) >= 11 is 11.9. The fraction of sp³-hybridized carbons (Fsp3) is 0.150. The van der Waals surface area contributed by atoms with Crippen LogP contribution in [0, 0.1) is 11.3 Å². The Hall–Kier alpha value is -3.28. The van der Waals surface area contributed by atoms with Gasteiger partial charge in [-0.1, -0.05) is 53.5 Å². The van der Waals surface area contributed by atoms with Crippen LogP contribution in [0.4, 0.5) is 32.2 Å². The fourth-order valence-corrected chi connectivity index (χ4v) is 4.53. The lowest BCUT2D eigenvalue weighted by Crippen LogP contribution is -2.25. The summed E-state index contributed by atoms with van der Waals surface area (Å²) in [5.74, 6) is -0.968. The summed E-state index contributed by atoms with van der Waals surface area (Å²) in [6, 6.07) is 10.6. The van der Waals surface area contributed by atoms with Crippen LogP contribution in [-0.2, 0) is 22.6 Å². The molecule has 2 aromatic carbocycles. The van der Waals surface area contributed by atoms with Crippen LogP contribution in [0.15, 0.2) is 52.4 Å². The molecule has 3 rings (SSSR count). The summed E-state index contributed by atoms with van der Waals surface area (Å²) in [4.78, 5) is 2.35. The highest BCUT2D eigenvalue weighted by atomic mass is 35.5. The van der Waals surface area contributed by atoms with Gasteiger partial charge in [-0.15, -0.1) is 0 Å². The molecule has 0 radical (unpaired) electrons. The highest BCUT2D eigenvalue weighted by Gasteiger charge is 2.51. The van der Waals surface area contributed by atoms with Crippen LogP contribution in [-0.4, -0.2) is 30.0 Å². The van der Waals surface area contributed by atoms with E-state index in [0.29, 0.717) is 22.4 Å². The lowest BCUT2D eigenvalue weighted by Gasteiger charge is -2.15. The molecular weight excluding hydrogens is 559 g/mol. The molecule has 0 amide bonds. The van der Waals surface area contributed by atoms with E-state index in [1.165, 1.54) is 6.07 Å². The Labute approximate surface area is 209 Å². The zero-order valence-electron chi connectivity index (χ0n) is 17.4. The number of nitrogens with zero attached hydrogens (tertiary/aromatic N) is 4. The monoisotopic (exact) mass is 569 g/mol. The van der Waals surface area contributed by atoms with Crippen molar-refractivity contribution in [1.29, 1.82) is 5.26 Å². The Morgan fingerprint density at radius 3 is 2.17 bits per heavy atom. The topological polar surface area (TPSA) is 100 Å². The van der Waals surface area contributed by atoms with Gasteiger partial charge in [-0.25, -0.2) is 13.1 Å². The Balaban J connectivity index is 2.22. The Bertz CT molecular complexity index is 1440. The van der Waals surface area contributed by atoms with Gasteiger partial charge in [-0.3, -0.25) is 4.99 Å². The third-order valence-electron chi connectivity index (χ3n) is 4.49. The molecule has 36 heavy (non-hydrogen) atoms. The Morgan fingerprint density at radius 1 is 1.08 bits per heavy atom. The standard InChI is InChI=1S/C20H11Cl2F6N5O2S/c21-13-6-12(19(23,24)25)7-14(22)16(13)33-18(31-10-30-9-11-4-2-1-3-5-11)17(15(8-29)32-33)36(34,35)20(26,27)28/h1-7,10H,9H2,(H,30,31). The van der Waals surface area contributed by atoms with Gasteiger partial charge >= 0.3 is 11.7 Å². The summed E-state index contributed by atoms with van der Waals surface area (Å²) < 4.78 is 104. The van der Waals surface area contributed by atoms with E-state index in [1.54, 1.807) is 30.3 Å². The number of halogens is 8. The maximum absolute atomic E-state index is 13.4. The van der Waals surface area contributed by atoms with E-state index in [2.05, 4.69) is 15.4 Å². The molecule has 1 N–H and O–H groups in total. The third kappa shape index (κ3) is 5.43. The van der Waals surface area contributed by atoms with Gasteiger partial charge in [0.2, 0.25) is 0 Å². The Morgan fingerprint density at radius 2 is 1.67 bits per heavy atom. The molecule has 3 aromatic rings. The van der Waals surface area contributed by atoms with E-state index in [-0.39, 0.29) is 6.54 Å². The number of benzene rings is 2. The summed E-state index contributed by atoms with van der Waals surface area (Å²) in [5.41, 5.74) is -8.25. The second-order valence-corrected chi connectivity index (χ2v) is 9.58. The quantitative estimate of drug-likeness (QED) is 0.223. The number of nitriles is 1. The van der Waals surface area contributed by atoms with E-state index in [9.17, 15) is 40.0 Å². The minimum Gasteiger partial charge on any atom is -0.330 e. The number of anilines is 1. The Kier molecular flexibility index (Phi) is 7.58. The molecule has 0 saturated heterocycles. The van der Waals surface area contributed by atoms with Crippen molar-refractivity contribution < 1.29 is 34.8 Å². The predicted molar refractivity (Wildman–Crippen MR) is 119 cm³/mol. The number of hydrogen-bond acceptors (Lipinski definition) is 5. The average molecular weight is 570 g/mol. The number of rotatable bonds is 6. The first kappa shape index (κ1) is 27.3. The largest absolute Gasteiger partial charge is 0.502 e. The molecule has 0 aliphatic rings. The molecule has 0 atom stereocenters. The first-order valence-electron chi connectivity index (χ1n) is 9.38. The van der Waals surface area contributed by atoms with Crippen LogP contribution in [0.1, 0.15) is 16.8 Å². The molecular formula is C20H11Cl2F6N5O2S. The van der Waals surface area contributed by atoms with Crippen LogP contribution in [0.5, 0.6) is 0 Å². The van der Waals surface area contributed by atoms with Gasteiger partial charge in [0, 0.05) is 0 Å². The van der Waals surface area contributed by atoms with Crippen LogP contribution in [0.25, 0.3) is 5.69 Å². The fourth-order valence-electron chi connectivity index (χ4n) is 2.91. The molecule has 16 heteroatoms. The maximum atomic E-state index is 13.4. The van der Waals surface area contributed by atoms with Crippen molar-refractivity contribution >= 4 is 45.2 Å². The highest BCUT2D eigenvalue weighted by molar-refractivity contribution is 7.92. The first-order valence-corrected chi connectivity index (χ1v) is 11.6. The van der Waals surface area contributed by atoms with E-state index in [1.807, 2.05) is 0 Å². The van der Waals surface area contributed by atoms with Crippen molar-refractivity contribution in [2.75, 3.05) is 5.32 Å². The van der Waals surface area contributed by atoms with Gasteiger partial charge in [0.25, 0.3) is 9.84 Å². The molecule has 7 nitrogen and oxygen atoms in total. The van der Waals surface area contributed by atoms with Crippen molar-refractivity contribution in [3.05, 3.63) is 69.3 Å². The number of aliphatic imine (C=N–C) groups is 1. The minimum absolute atomic E-state index is 0.0240. The lowest BCUT2D eigenvalue weighted by molar-refractivity contribution is -0.137. The second kappa shape index (κ2) is 10.00. The van der Waals surface area contributed by atoms with Crippen molar-refractivity contribution in [3.8, 4) is 11.8 Å². The highest BCUT2D eigenvalue weighted by Crippen LogP contribution is 2.42. The lowest BCUT2D eigenvalue weighted by atomic mass is 10.2. The van der Waals surface area contributed by atoms with Gasteiger partial charge in [-0.2, -0.15) is 36.7 Å².